The van der Waals surface area contributed by atoms with Crippen molar-refractivity contribution in [3.8, 4) is 5.75 Å². The molecule has 1 aliphatic rings. The summed E-state index contributed by atoms with van der Waals surface area (Å²) in [5.74, 6) is -0.604. The fourth-order valence-electron chi connectivity index (χ4n) is 4.05. The Labute approximate surface area is 249 Å². The summed E-state index contributed by atoms with van der Waals surface area (Å²) in [5, 5.41) is 1.07. The van der Waals surface area contributed by atoms with Crippen LogP contribution >= 0.6 is 51.3 Å². The number of ether oxygens (including phenoxy) is 1. The number of halogens is 3. The quantitative estimate of drug-likeness (QED) is 0.122. The van der Waals surface area contributed by atoms with Gasteiger partial charge in [-0.2, -0.15) is 0 Å². The van der Waals surface area contributed by atoms with E-state index in [1.165, 1.54) is 15.9 Å². The molecule has 9 heteroatoms. The Morgan fingerprint density at radius 1 is 0.795 bits per heavy atom. The maximum atomic E-state index is 13.8. The summed E-state index contributed by atoms with van der Waals surface area (Å²) in [5.41, 5.74) is 2.30. The molecule has 1 saturated heterocycles. The Hall–Kier alpha value is -3.49. The molecule has 0 unspecified atom stereocenters. The molecular formula is C30H19BrCl2N2O3S. The zero-order valence-electron chi connectivity index (χ0n) is 20.2. The highest BCUT2D eigenvalue weighted by Gasteiger charge is 2.41. The SMILES string of the molecule is O=C1C(=Cc2cc(Br)ccc2OCc2ccc(Cl)cc2Cl)C(=O)N(c2ccccc2)C(=S)N1c1ccccc1. The second-order valence-electron chi connectivity index (χ2n) is 8.50. The second kappa shape index (κ2) is 11.7. The van der Waals surface area contributed by atoms with E-state index in [0.29, 0.717) is 32.7 Å². The van der Waals surface area contributed by atoms with Crippen LogP contribution in [0.1, 0.15) is 11.1 Å². The third-order valence-corrected chi connectivity index (χ3v) is 7.39. The van der Waals surface area contributed by atoms with Crippen molar-refractivity contribution in [3.63, 3.8) is 0 Å². The molecule has 4 aromatic carbocycles. The van der Waals surface area contributed by atoms with Crippen LogP contribution in [0.25, 0.3) is 6.08 Å². The van der Waals surface area contributed by atoms with Gasteiger partial charge in [-0.1, -0.05) is 81.6 Å². The highest BCUT2D eigenvalue weighted by molar-refractivity contribution is 9.10. The smallest absolute Gasteiger partial charge is 0.270 e. The molecule has 39 heavy (non-hydrogen) atoms. The summed E-state index contributed by atoms with van der Waals surface area (Å²) in [6.07, 6.45) is 1.53. The molecule has 0 bridgehead atoms. The number of carbonyl (C=O) groups excluding carboxylic acids is 2. The lowest BCUT2D eigenvalue weighted by molar-refractivity contribution is -0.120. The van der Waals surface area contributed by atoms with Gasteiger partial charge >= 0.3 is 0 Å². The van der Waals surface area contributed by atoms with Gasteiger partial charge in [0.25, 0.3) is 11.8 Å². The molecule has 0 aliphatic carbocycles. The molecule has 194 valence electrons. The lowest BCUT2D eigenvalue weighted by Gasteiger charge is -2.36. The van der Waals surface area contributed by atoms with Crippen molar-refractivity contribution in [2.75, 3.05) is 9.80 Å². The summed E-state index contributed by atoms with van der Waals surface area (Å²) in [4.78, 5) is 30.4. The van der Waals surface area contributed by atoms with E-state index < -0.39 is 11.8 Å². The lowest BCUT2D eigenvalue weighted by Crippen LogP contribution is -2.56. The molecule has 1 heterocycles. The molecule has 1 fully saturated rings. The Morgan fingerprint density at radius 3 is 1.95 bits per heavy atom. The molecule has 2 amide bonds. The van der Waals surface area contributed by atoms with Crippen LogP contribution in [0.3, 0.4) is 0 Å². The Balaban J connectivity index is 1.57. The number of hydrogen-bond acceptors (Lipinski definition) is 4. The van der Waals surface area contributed by atoms with Crippen molar-refractivity contribution in [2.24, 2.45) is 0 Å². The van der Waals surface area contributed by atoms with Crippen molar-refractivity contribution in [1.29, 1.82) is 0 Å². The summed E-state index contributed by atoms with van der Waals surface area (Å²) in [6, 6.07) is 28.5. The van der Waals surface area contributed by atoms with E-state index in [9.17, 15) is 9.59 Å². The molecule has 5 rings (SSSR count). The number of benzene rings is 4. The van der Waals surface area contributed by atoms with Gasteiger partial charge < -0.3 is 4.74 Å². The number of para-hydroxylation sites is 2. The lowest BCUT2D eigenvalue weighted by atomic mass is 10.0. The van der Waals surface area contributed by atoms with Gasteiger partial charge in [-0.3, -0.25) is 19.4 Å². The van der Waals surface area contributed by atoms with Crippen LogP contribution < -0.4 is 14.5 Å². The van der Waals surface area contributed by atoms with Crippen LogP contribution in [0.5, 0.6) is 5.75 Å². The first kappa shape index (κ1) is 27.1. The number of nitrogens with zero attached hydrogens (tertiary/aromatic N) is 2. The van der Waals surface area contributed by atoms with Crippen LogP contribution in [0.15, 0.2) is 107 Å². The van der Waals surface area contributed by atoms with E-state index in [1.54, 1.807) is 78.9 Å². The highest BCUT2D eigenvalue weighted by atomic mass is 79.9. The minimum Gasteiger partial charge on any atom is -0.488 e. The molecule has 0 saturated carbocycles. The third kappa shape index (κ3) is 5.77. The molecule has 0 aromatic heterocycles. The maximum absolute atomic E-state index is 13.8. The van der Waals surface area contributed by atoms with Crippen LogP contribution in [0.4, 0.5) is 11.4 Å². The van der Waals surface area contributed by atoms with Gasteiger partial charge in [-0.15, -0.1) is 0 Å². The van der Waals surface area contributed by atoms with E-state index >= 15 is 0 Å². The summed E-state index contributed by atoms with van der Waals surface area (Å²) < 4.78 is 6.83. The predicted octanol–water partition coefficient (Wildman–Crippen LogP) is 8.08. The van der Waals surface area contributed by atoms with Crippen LogP contribution in [-0.2, 0) is 16.2 Å². The monoisotopic (exact) mass is 636 g/mol. The number of anilines is 2. The predicted molar refractivity (Wildman–Crippen MR) is 163 cm³/mol. The molecule has 0 atom stereocenters. The Morgan fingerprint density at radius 2 is 1.38 bits per heavy atom. The van der Waals surface area contributed by atoms with Crippen molar-refractivity contribution in [1.82, 2.24) is 0 Å². The molecule has 0 radical (unpaired) electrons. The first-order chi connectivity index (χ1) is 18.8. The van der Waals surface area contributed by atoms with Crippen molar-refractivity contribution >= 4 is 85.7 Å². The average Bonchev–Trinajstić information content (AvgIpc) is 2.93. The molecular weight excluding hydrogens is 619 g/mol. The zero-order valence-corrected chi connectivity index (χ0v) is 24.1. The molecule has 0 spiro atoms. The molecule has 0 N–H and O–H groups in total. The van der Waals surface area contributed by atoms with Gasteiger partial charge in [-0.25, -0.2) is 0 Å². The van der Waals surface area contributed by atoms with E-state index in [2.05, 4.69) is 15.9 Å². The number of rotatable bonds is 6. The van der Waals surface area contributed by atoms with Gasteiger partial charge in [0.05, 0.1) is 11.4 Å². The largest absolute Gasteiger partial charge is 0.488 e. The molecule has 4 aromatic rings. The van der Waals surface area contributed by atoms with E-state index in [4.69, 9.17) is 40.2 Å². The van der Waals surface area contributed by atoms with Crippen molar-refractivity contribution < 1.29 is 14.3 Å². The zero-order chi connectivity index (χ0) is 27.5. The number of hydrogen-bond donors (Lipinski definition) is 0. The minimum absolute atomic E-state index is 0.0659. The van der Waals surface area contributed by atoms with Gasteiger partial charge in [0.2, 0.25) is 0 Å². The molecule has 1 aliphatic heterocycles. The first-order valence-electron chi connectivity index (χ1n) is 11.7. The fraction of sp³-hybridized carbons (Fsp3) is 0.0333. The number of amides is 2. The van der Waals surface area contributed by atoms with Gasteiger partial charge in [0.15, 0.2) is 5.11 Å². The normalized spacial score (nSPS) is 13.6. The molecule has 5 nitrogen and oxygen atoms in total. The highest BCUT2D eigenvalue weighted by Crippen LogP contribution is 2.33. The van der Waals surface area contributed by atoms with E-state index in [-0.39, 0.29) is 17.3 Å². The average molecular weight is 638 g/mol. The van der Waals surface area contributed by atoms with Crippen LogP contribution in [-0.4, -0.2) is 16.9 Å². The van der Waals surface area contributed by atoms with E-state index in [0.717, 1.165) is 10.0 Å². The summed E-state index contributed by atoms with van der Waals surface area (Å²) in [7, 11) is 0. The minimum atomic E-state index is -0.532. The van der Waals surface area contributed by atoms with Crippen molar-refractivity contribution in [3.05, 3.63) is 128 Å². The standard InChI is InChI=1S/C30H19BrCl2N2O3S/c31-21-12-14-27(38-18-19-11-13-22(32)17-26(19)33)20(15-21)16-25-28(36)34(23-7-3-1-4-8-23)30(39)35(29(25)37)24-9-5-2-6-10-24/h1-17H,18H2. The topological polar surface area (TPSA) is 49.9 Å². The van der Waals surface area contributed by atoms with Crippen LogP contribution in [0.2, 0.25) is 10.0 Å². The van der Waals surface area contributed by atoms with Gasteiger partial charge in [0, 0.05) is 25.6 Å². The summed E-state index contributed by atoms with van der Waals surface area (Å²) in [6.45, 7) is 0.159. The van der Waals surface area contributed by atoms with E-state index in [1.807, 2.05) is 18.2 Å². The maximum Gasteiger partial charge on any atom is 0.270 e. The van der Waals surface area contributed by atoms with Gasteiger partial charge in [-0.05, 0) is 72.9 Å². The Kier molecular flexibility index (Phi) is 8.14. The second-order valence-corrected chi connectivity index (χ2v) is 10.6. The Bertz CT molecular complexity index is 1550. The van der Waals surface area contributed by atoms with Crippen molar-refractivity contribution in [2.45, 2.75) is 6.61 Å². The number of carbonyl (C=O) groups is 2. The fourth-order valence-corrected chi connectivity index (χ4v) is 5.27. The number of thiocarbonyl (C=S) groups is 1. The van der Waals surface area contributed by atoms with Crippen LogP contribution in [0, 0.1) is 0 Å². The summed E-state index contributed by atoms with van der Waals surface area (Å²) >= 11 is 21.5. The third-order valence-electron chi connectivity index (χ3n) is 5.95. The first-order valence-corrected chi connectivity index (χ1v) is 13.7. The van der Waals surface area contributed by atoms with Gasteiger partial charge in [0.1, 0.15) is 17.9 Å².